The van der Waals surface area contributed by atoms with E-state index in [-0.39, 0.29) is 28.8 Å². The molecule has 0 aromatic heterocycles. The summed E-state index contributed by atoms with van der Waals surface area (Å²) in [7, 11) is 0. The molecule has 3 heteroatoms. The van der Waals surface area contributed by atoms with Crippen molar-refractivity contribution in [2.45, 2.75) is 77.9 Å². The third kappa shape index (κ3) is 2.13. The van der Waals surface area contributed by atoms with Gasteiger partial charge in [0.25, 0.3) is 0 Å². The standard InChI is InChI=1S/C21H32O3/c1-12(22)15-4-5-16-19-17(7-9-21(15,16)3)20(2)8-6-14(23)10-13(20)11-18(19)24/h11,14-19,23-24H,4-10H2,1-3H3/t14-,15+,16+,17-,18-,19+,20-,21+/m0/s1. The Morgan fingerprint density at radius 3 is 2.54 bits per heavy atom. The van der Waals surface area contributed by atoms with Crippen LogP contribution in [0.15, 0.2) is 11.6 Å². The number of aliphatic hydroxyl groups is 2. The van der Waals surface area contributed by atoms with Crippen LogP contribution in [0.2, 0.25) is 0 Å². The lowest BCUT2D eigenvalue weighted by Gasteiger charge is -2.59. The molecule has 0 aliphatic heterocycles. The second-order valence-corrected chi connectivity index (χ2v) is 9.57. The fourth-order valence-electron chi connectivity index (χ4n) is 7.30. The van der Waals surface area contributed by atoms with Crippen molar-refractivity contribution in [2.24, 2.45) is 34.5 Å². The number of carbonyl (C=O) groups excluding carboxylic acids is 1. The summed E-state index contributed by atoms with van der Waals surface area (Å²) in [5.74, 6) is 1.77. The van der Waals surface area contributed by atoms with Gasteiger partial charge >= 0.3 is 0 Å². The van der Waals surface area contributed by atoms with Gasteiger partial charge in [0.05, 0.1) is 12.2 Å². The largest absolute Gasteiger partial charge is 0.393 e. The molecule has 0 aromatic carbocycles. The fraction of sp³-hybridized carbons (Fsp3) is 0.857. The molecule has 4 aliphatic carbocycles. The van der Waals surface area contributed by atoms with Crippen molar-refractivity contribution in [3.63, 3.8) is 0 Å². The van der Waals surface area contributed by atoms with E-state index in [4.69, 9.17) is 0 Å². The van der Waals surface area contributed by atoms with E-state index in [2.05, 4.69) is 19.9 Å². The van der Waals surface area contributed by atoms with Gasteiger partial charge in [0.2, 0.25) is 0 Å². The molecule has 0 spiro atoms. The molecule has 24 heavy (non-hydrogen) atoms. The lowest BCUT2D eigenvalue weighted by atomic mass is 9.46. The summed E-state index contributed by atoms with van der Waals surface area (Å²) in [4.78, 5) is 12.2. The van der Waals surface area contributed by atoms with Gasteiger partial charge in [-0.1, -0.05) is 25.5 Å². The lowest BCUT2D eigenvalue weighted by molar-refractivity contribution is -0.130. The minimum absolute atomic E-state index is 0.0733. The van der Waals surface area contributed by atoms with E-state index < -0.39 is 6.10 Å². The number of ketones is 1. The van der Waals surface area contributed by atoms with Crippen LogP contribution in [0.25, 0.3) is 0 Å². The zero-order valence-electron chi connectivity index (χ0n) is 15.3. The molecule has 0 saturated heterocycles. The monoisotopic (exact) mass is 332 g/mol. The zero-order valence-corrected chi connectivity index (χ0v) is 15.3. The average molecular weight is 332 g/mol. The predicted molar refractivity (Wildman–Crippen MR) is 93.3 cm³/mol. The van der Waals surface area contributed by atoms with Crippen LogP contribution in [0.1, 0.15) is 65.7 Å². The maximum Gasteiger partial charge on any atom is 0.133 e. The van der Waals surface area contributed by atoms with Crippen molar-refractivity contribution in [1.29, 1.82) is 0 Å². The Hall–Kier alpha value is -0.670. The van der Waals surface area contributed by atoms with Gasteiger partial charge in [0, 0.05) is 5.92 Å². The maximum absolute atomic E-state index is 12.2. The van der Waals surface area contributed by atoms with E-state index in [1.54, 1.807) is 6.92 Å². The maximum atomic E-state index is 12.2. The summed E-state index contributed by atoms with van der Waals surface area (Å²) >= 11 is 0. The first-order valence-electron chi connectivity index (χ1n) is 9.85. The van der Waals surface area contributed by atoms with Crippen molar-refractivity contribution >= 4 is 5.78 Å². The van der Waals surface area contributed by atoms with Gasteiger partial charge < -0.3 is 10.2 Å². The quantitative estimate of drug-likeness (QED) is 0.723. The molecule has 3 nitrogen and oxygen atoms in total. The molecule has 0 heterocycles. The summed E-state index contributed by atoms with van der Waals surface area (Å²) in [6.07, 6.45) is 8.39. The molecule has 3 fully saturated rings. The van der Waals surface area contributed by atoms with E-state index in [9.17, 15) is 15.0 Å². The van der Waals surface area contributed by atoms with Crippen molar-refractivity contribution in [2.75, 3.05) is 0 Å². The first-order chi connectivity index (χ1) is 11.3. The second kappa shape index (κ2) is 5.41. The van der Waals surface area contributed by atoms with Crippen LogP contribution < -0.4 is 0 Å². The molecule has 0 unspecified atom stereocenters. The molecule has 0 amide bonds. The summed E-state index contributed by atoms with van der Waals surface area (Å²) in [5.41, 5.74) is 1.50. The highest BCUT2D eigenvalue weighted by molar-refractivity contribution is 5.79. The van der Waals surface area contributed by atoms with Crippen LogP contribution in [-0.2, 0) is 4.79 Å². The van der Waals surface area contributed by atoms with Crippen LogP contribution in [0.5, 0.6) is 0 Å². The van der Waals surface area contributed by atoms with Gasteiger partial charge in [-0.25, -0.2) is 0 Å². The van der Waals surface area contributed by atoms with E-state index >= 15 is 0 Å². The molecule has 0 aromatic rings. The first-order valence-corrected chi connectivity index (χ1v) is 9.85. The Morgan fingerprint density at radius 2 is 1.83 bits per heavy atom. The van der Waals surface area contributed by atoms with Crippen molar-refractivity contribution < 1.29 is 15.0 Å². The fourth-order valence-corrected chi connectivity index (χ4v) is 7.30. The highest BCUT2D eigenvalue weighted by atomic mass is 16.3. The number of rotatable bonds is 1. The minimum atomic E-state index is -0.404. The Balaban J connectivity index is 1.71. The second-order valence-electron chi connectivity index (χ2n) is 9.57. The van der Waals surface area contributed by atoms with Gasteiger partial charge in [-0.3, -0.25) is 4.79 Å². The van der Waals surface area contributed by atoms with Gasteiger partial charge in [-0.2, -0.15) is 0 Å². The highest BCUT2D eigenvalue weighted by Crippen LogP contribution is 2.66. The number of fused-ring (bicyclic) bond motifs is 5. The topological polar surface area (TPSA) is 57.5 Å². The molecule has 3 saturated carbocycles. The number of aliphatic hydroxyl groups excluding tert-OH is 2. The van der Waals surface area contributed by atoms with Gasteiger partial charge in [0.1, 0.15) is 5.78 Å². The van der Waals surface area contributed by atoms with Crippen LogP contribution in [0.3, 0.4) is 0 Å². The molecule has 0 radical (unpaired) electrons. The van der Waals surface area contributed by atoms with E-state index in [0.717, 1.165) is 44.9 Å². The molecule has 2 N–H and O–H groups in total. The minimum Gasteiger partial charge on any atom is -0.393 e. The molecule has 4 aliphatic rings. The Labute approximate surface area is 145 Å². The van der Waals surface area contributed by atoms with Crippen LogP contribution >= 0.6 is 0 Å². The third-order valence-electron chi connectivity index (χ3n) is 8.59. The Morgan fingerprint density at radius 1 is 1.08 bits per heavy atom. The summed E-state index contributed by atoms with van der Waals surface area (Å²) in [6, 6.07) is 0. The average Bonchev–Trinajstić information content (AvgIpc) is 2.86. The van der Waals surface area contributed by atoms with Crippen molar-refractivity contribution in [3.05, 3.63) is 11.6 Å². The van der Waals surface area contributed by atoms with Gasteiger partial charge in [-0.15, -0.1) is 0 Å². The molecular formula is C21H32O3. The van der Waals surface area contributed by atoms with Gasteiger partial charge in [-0.05, 0) is 80.5 Å². The predicted octanol–water partition coefficient (Wildman–Crippen LogP) is 3.49. The van der Waals surface area contributed by atoms with Crippen LogP contribution in [-0.4, -0.2) is 28.2 Å². The smallest absolute Gasteiger partial charge is 0.133 e. The molecule has 4 rings (SSSR count). The Kier molecular flexibility index (Phi) is 3.78. The number of hydrogen-bond acceptors (Lipinski definition) is 3. The van der Waals surface area contributed by atoms with Crippen molar-refractivity contribution in [1.82, 2.24) is 0 Å². The SMILES string of the molecule is CC(=O)[C@H]1CC[C@@H]2[C@H]3[C@@H](O)C=C4C[C@@H](O)CC[C@]4(C)[C@H]3CC[C@]12C. The first kappa shape index (κ1) is 16.8. The lowest BCUT2D eigenvalue weighted by Crippen LogP contribution is -2.55. The van der Waals surface area contributed by atoms with E-state index in [0.29, 0.717) is 17.6 Å². The van der Waals surface area contributed by atoms with Crippen molar-refractivity contribution in [3.8, 4) is 0 Å². The van der Waals surface area contributed by atoms with Crippen LogP contribution in [0.4, 0.5) is 0 Å². The molecule has 0 bridgehead atoms. The molecule has 8 atom stereocenters. The summed E-state index contributed by atoms with van der Waals surface area (Å²) in [5, 5.41) is 21.1. The van der Waals surface area contributed by atoms with Crippen LogP contribution in [0, 0.1) is 34.5 Å². The number of hydrogen-bond donors (Lipinski definition) is 2. The normalized spacial score (nSPS) is 53.6. The van der Waals surface area contributed by atoms with E-state index in [1.807, 2.05) is 0 Å². The number of carbonyl (C=O) groups is 1. The zero-order chi connectivity index (χ0) is 17.3. The Bertz CT molecular complexity index is 582. The molecular weight excluding hydrogens is 300 g/mol. The van der Waals surface area contributed by atoms with E-state index in [1.165, 1.54) is 5.57 Å². The summed E-state index contributed by atoms with van der Waals surface area (Å²) in [6.45, 7) is 6.43. The van der Waals surface area contributed by atoms with Gasteiger partial charge in [0.15, 0.2) is 0 Å². The summed E-state index contributed by atoms with van der Waals surface area (Å²) < 4.78 is 0. The third-order valence-corrected chi connectivity index (χ3v) is 8.59. The number of Topliss-reactive ketones (excluding diaryl/α,β-unsaturated/α-hetero) is 1. The molecule has 134 valence electrons. The highest BCUT2D eigenvalue weighted by Gasteiger charge is 2.61.